The highest BCUT2D eigenvalue weighted by Crippen LogP contribution is 2.23. The minimum Gasteiger partial charge on any atom is -0.422 e. The van der Waals surface area contributed by atoms with E-state index < -0.39 is 35.4 Å². The van der Waals surface area contributed by atoms with Gasteiger partial charge in [-0.1, -0.05) is 48.5 Å². The number of Topliss-reactive ketones (excluding diaryl/α,β-unsaturated/α-hetero) is 1. The third kappa shape index (κ3) is 7.59. The molecule has 1 fully saturated rings. The van der Waals surface area contributed by atoms with Gasteiger partial charge in [-0.15, -0.1) is 0 Å². The van der Waals surface area contributed by atoms with Crippen LogP contribution in [0.15, 0.2) is 68.8 Å². The van der Waals surface area contributed by atoms with Crippen LogP contribution >= 0.6 is 0 Å². The van der Waals surface area contributed by atoms with Crippen molar-refractivity contribution in [2.45, 2.75) is 56.8 Å². The summed E-state index contributed by atoms with van der Waals surface area (Å²) in [6, 6.07) is 13.5. The first-order valence-corrected chi connectivity index (χ1v) is 14.0. The molecule has 1 aromatic heterocycles. The number of guanidine groups is 1. The third-order valence-electron chi connectivity index (χ3n) is 7.23. The number of aliphatic imine (C=N–C) groups is 1. The second-order valence-corrected chi connectivity index (χ2v) is 10.2. The summed E-state index contributed by atoms with van der Waals surface area (Å²) in [5, 5.41) is 9.27. The van der Waals surface area contributed by atoms with E-state index >= 15 is 0 Å². The molecule has 0 spiro atoms. The highest BCUT2D eigenvalue weighted by Gasteiger charge is 2.32. The second-order valence-electron chi connectivity index (χ2n) is 10.2. The number of ketones is 1. The van der Waals surface area contributed by atoms with Crippen LogP contribution in [0.4, 0.5) is 0 Å². The zero-order valence-electron chi connectivity index (χ0n) is 23.3. The van der Waals surface area contributed by atoms with Gasteiger partial charge >= 0.3 is 5.63 Å². The average molecular weight is 576 g/mol. The molecule has 1 aliphatic rings. The lowest BCUT2D eigenvalue weighted by Gasteiger charge is -2.25. The molecule has 0 bridgehead atoms. The van der Waals surface area contributed by atoms with Crippen LogP contribution in [-0.4, -0.2) is 54.8 Å². The normalized spacial score (nSPS) is 16.0. The summed E-state index contributed by atoms with van der Waals surface area (Å²) in [7, 11) is 0. The molecule has 0 radical (unpaired) electrons. The van der Waals surface area contributed by atoms with E-state index in [9.17, 15) is 19.2 Å². The van der Waals surface area contributed by atoms with E-state index in [2.05, 4.69) is 20.9 Å². The van der Waals surface area contributed by atoms with Crippen molar-refractivity contribution in [2.75, 3.05) is 13.1 Å². The van der Waals surface area contributed by atoms with Crippen LogP contribution in [0.25, 0.3) is 11.0 Å². The minimum absolute atomic E-state index is 0.0172. The molecule has 2 aromatic carbocycles. The van der Waals surface area contributed by atoms with Gasteiger partial charge in [0, 0.05) is 30.5 Å². The first-order valence-electron chi connectivity index (χ1n) is 14.0. The van der Waals surface area contributed by atoms with Gasteiger partial charge in [-0.2, -0.15) is 0 Å². The van der Waals surface area contributed by atoms with Gasteiger partial charge in [-0.05, 0) is 43.9 Å². The molecule has 9 N–H and O–H groups in total. The minimum atomic E-state index is -1.07. The van der Waals surface area contributed by atoms with Crippen molar-refractivity contribution in [1.29, 1.82) is 0 Å². The maximum absolute atomic E-state index is 14.1. The number of nitrogens with one attached hydrogen (secondary N) is 3. The number of carbonyl (C=O) groups excluding carboxylic acids is 3. The Morgan fingerprint density at radius 3 is 2.45 bits per heavy atom. The predicted molar refractivity (Wildman–Crippen MR) is 160 cm³/mol. The highest BCUT2D eigenvalue weighted by molar-refractivity contribution is 6.11. The van der Waals surface area contributed by atoms with Gasteiger partial charge in [-0.25, -0.2) is 4.79 Å². The summed E-state index contributed by atoms with van der Waals surface area (Å²) in [6.45, 7) is 0.716. The summed E-state index contributed by atoms with van der Waals surface area (Å²) in [5.41, 5.74) is 17.3. The first-order chi connectivity index (χ1) is 20.3. The zero-order valence-corrected chi connectivity index (χ0v) is 23.3. The number of fused-ring (bicyclic) bond motifs is 1. The van der Waals surface area contributed by atoms with Crippen molar-refractivity contribution < 1.29 is 18.8 Å². The summed E-state index contributed by atoms with van der Waals surface area (Å²) < 4.78 is 5.38. The van der Waals surface area contributed by atoms with E-state index in [1.807, 2.05) is 30.3 Å². The first kappa shape index (κ1) is 30.4. The number of hydrogen-bond donors (Lipinski definition) is 6. The number of para-hydroxylation sites is 1. The van der Waals surface area contributed by atoms with Crippen LogP contribution < -0.4 is 38.8 Å². The topological polar surface area (TPSA) is 208 Å². The number of nitrogens with zero attached hydrogens (tertiary/aromatic N) is 1. The summed E-state index contributed by atoms with van der Waals surface area (Å²) >= 11 is 0. The van der Waals surface area contributed by atoms with E-state index in [0.717, 1.165) is 18.5 Å². The van der Waals surface area contributed by atoms with Crippen LogP contribution in [0.3, 0.4) is 0 Å². The van der Waals surface area contributed by atoms with E-state index in [-0.39, 0.29) is 54.5 Å². The van der Waals surface area contributed by atoms with Gasteiger partial charge in [0.25, 0.3) is 0 Å². The second kappa shape index (κ2) is 14.4. The molecule has 2 heterocycles. The molecule has 222 valence electrons. The SMILES string of the molecule is NCc1c(C(=O)[C@H](CCCN=C(N)N)NC(=O)[C@H](Cc2ccccc2)NC(=O)[C@@H]2CCCN2)c2ccccc2oc1=O. The summed E-state index contributed by atoms with van der Waals surface area (Å²) in [5.74, 6) is -1.41. The van der Waals surface area contributed by atoms with E-state index in [1.54, 1.807) is 24.3 Å². The summed E-state index contributed by atoms with van der Waals surface area (Å²) in [4.78, 5) is 57.7. The van der Waals surface area contributed by atoms with Gasteiger partial charge in [-0.3, -0.25) is 19.4 Å². The van der Waals surface area contributed by atoms with Crippen LogP contribution in [0.2, 0.25) is 0 Å². The van der Waals surface area contributed by atoms with Crippen LogP contribution in [0, 0.1) is 0 Å². The number of nitrogens with two attached hydrogens (primary N) is 3. The Morgan fingerprint density at radius 2 is 1.76 bits per heavy atom. The molecular formula is C30H37N7O5. The van der Waals surface area contributed by atoms with Crippen molar-refractivity contribution >= 4 is 34.5 Å². The molecule has 12 heteroatoms. The van der Waals surface area contributed by atoms with E-state index in [4.69, 9.17) is 21.6 Å². The average Bonchev–Trinajstić information content (AvgIpc) is 3.53. The smallest absolute Gasteiger partial charge is 0.341 e. The standard InChI is InChI=1S/C30H37N7O5/c31-17-20-25(19-10-4-5-13-24(19)42-29(20)41)26(38)21(11-6-15-35-30(32)33)36-28(40)23(16-18-8-2-1-3-9-18)37-27(39)22-12-7-14-34-22/h1-5,8-10,13,21-23,34H,6-7,11-12,14-17,31H2,(H,36,40)(H,37,39)(H4,32,33,35)/t21-,22-,23-/m0/s1. The van der Waals surface area contributed by atoms with Gasteiger partial charge in [0.1, 0.15) is 11.6 Å². The fourth-order valence-electron chi connectivity index (χ4n) is 5.11. The lowest BCUT2D eigenvalue weighted by atomic mass is 9.93. The maximum atomic E-state index is 14.1. The van der Waals surface area contributed by atoms with Crippen LogP contribution in [-0.2, 0) is 22.6 Å². The maximum Gasteiger partial charge on any atom is 0.341 e. The van der Waals surface area contributed by atoms with Crippen molar-refractivity contribution in [3.05, 3.63) is 81.7 Å². The van der Waals surface area contributed by atoms with Gasteiger partial charge in [0.05, 0.1) is 17.6 Å². The third-order valence-corrected chi connectivity index (χ3v) is 7.23. The van der Waals surface area contributed by atoms with Crippen LogP contribution in [0.1, 0.15) is 47.2 Å². The van der Waals surface area contributed by atoms with Crippen LogP contribution in [0.5, 0.6) is 0 Å². The van der Waals surface area contributed by atoms with Gasteiger partial charge in [0.15, 0.2) is 11.7 Å². The molecule has 2 amide bonds. The quantitative estimate of drug-likeness (QED) is 0.0549. The monoisotopic (exact) mass is 575 g/mol. The molecule has 42 heavy (non-hydrogen) atoms. The fraction of sp³-hybridized carbons (Fsp3) is 0.367. The molecule has 0 aliphatic carbocycles. The van der Waals surface area contributed by atoms with E-state index in [1.165, 1.54) is 0 Å². The van der Waals surface area contributed by atoms with Gasteiger partial charge in [0.2, 0.25) is 11.8 Å². The lowest BCUT2D eigenvalue weighted by Crippen LogP contribution is -2.55. The molecule has 1 aliphatic heterocycles. The molecule has 12 nitrogen and oxygen atoms in total. The lowest BCUT2D eigenvalue weighted by molar-refractivity contribution is -0.130. The summed E-state index contributed by atoms with van der Waals surface area (Å²) in [6.07, 6.45) is 2.27. The zero-order chi connectivity index (χ0) is 30.1. The predicted octanol–water partition coefficient (Wildman–Crippen LogP) is 0.452. The highest BCUT2D eigenvalue weighted by atomic mass is 16.4. The fourth-order valence-corrected chi connectivity index (χ4v) is 5.11. The Bertz CT molecular complexity index is 1490. The Morgan fingerprint density at radius 1 is 1.02 bits per heavy atom. The Labute approximate surface area is 243 Å². The molecule has 3 atom stereocenters. The Kier molecular flexibility index (Phi) is 10.4. The molecule has 3 aromatic rings. The molecule has 0 unspecified atom stereocenters. The van der Waals surface area contributed by atoms with Crippen molar-refractivity contribution in [3.8, 4) is 0 Å². The largest absolute Gasteiger partial charge is 0.422 e. The van der Waals surface area contributed by atoms with Crippen molar-refractivity contribution in [3.63, 3.8) is 0 Å². The molecular weight excluding hydrogens is 538 g/mol. The molecule has 0 saturated carbocycles. The number of amides is 2. The number of carbonyl (C=O) groups is 3. The Hall–Kier alpha value is -4.55. The van der Waals surface area contributed by atoms with Crippen molar-refractivity contribution in [2.24, 2.45) is 22.2 Å². The number of hydrogen-bond acceptors (Lipinski definition) is 8. The molecule has 1 saturated heterocycles. The van der Waals surface area contributed by atoms with Gasteiger partial charge < -0.3 is 37.6 Å². The number of rotatable bonds is 13. The number of benzene rings is 2. The molecule has 4 rings (SSSR count). The van der Waals surface area contributed by atoms with E-state index in [0.29, 0.717) is 18.2 Å². The Balaban J connectivity index is 1.66. The van der Waals surface area contributed by atoms with Crippen molar-refractivity contribution in [1.82, 2.24) is 16.0 Å².